The molecule has 0 bridgehead atoms. The Balaban J connectivity index is 2.70. The number of halogens is 1. The molecule has 1 atom stereocenters. The van der Waals surface area contributed by atoms with E-state index in [9.17, 15) is 5.11 Å². The maximum Gasteiger partial charge on any atom is 0.0947 e. The number of hydrogen-bond donors (Lipinski definition) is 2. The summed E-state index contributed by atoms with van der Waals surface area (Å²) in [6.07, 6.45) is -0.502. The van der Waals surface area contributed by atoms with Crippen molar-refractivity contribution >= 4 is 21.6 Å². The molecular formula is C15H25BrN2O3. The van der Waals surface area contributed by atoms with E-state index in [1.807, 2.05) is 18.0 Å². The minimum absolute atomic E-state index is 0.336. The van der Waals surface area contributed by atoms with Crippen LogP contribution >= 0.6 is 15.9 Å². The fourth-order valence-electron chi connectivity index (χ4n) is 2.12. The molecule has 0 radical (unpaired) electrons. The van der Waals surface area contributed by atoms with E-state index >= 15 is 0 Å². The number of nitrogens with zero attached hydrogens (tertiary/aromatic N) is 1. The Kier molecular flexibility index (Phi) is 8.87. The lowest BCUT2D eigenvalue weighted by molar-refractivity contribution is 0.0695. The molecule has 1 unspecified atom stereocenters. The van der Waals surface area contributed by atoms with Crippen LogP contribution in [0.3, 0.4) is 0 Å². The molecule has 0 aromatic heterocycles. The average Bonchev–Trinajstić information content (AvgIpc) is 2.43. The number of likely N-dealkylation sites (N-methyl/N-ethyl adjacent to an activating group) is 1. The number of benzene rings is 1. The monoisotopic (exact) mass is 360 g/mol. The molecule has 6 heteroatoms. The summed E-state index contributed by atoms with van der Waals surface area (Å²) in [4.78, 5) is 2.05. The van der Waals surface area contributed by atoms with Gasteiger partial charge in [0.25, 0.3) is 0 Å². The first-order chi connectivity index (χ1) is 10.1. The highest BCUT2D eigenvalue weighted by molar-refractivity contribution is 9.10. The van der Waals surface area contributed by atoms with Gasteiger partial charge < -0.3 is 24.8 Å². The molecule has 0 amide bonds. The summed E-state index contributed by atoms with van der Waals surface area (Å²) in [5.41, 5.74) is 2.27. The summed E-state index contributed by atoms with van der Waals surface area (Å²) < 4.78 is 11.0. The van der Waals surface area contributed by atoms with Gasteiger partial charge in [-0.05, 0) is 23.8 Å². The van der Waals surface area contributed by atoms with E-state index in [1.165, 1.54) is 5.56 Å². The lowest BCUT2D eigenvalue weighted by atomic mass is 10.1. The van der Waals surface area contributed by atoms with Crippen LogP contribution in [-0.4, -0.2) is 58.8 Å². The second kappa shape index (κ2) is 10.1. The first kappa shape index (κ1) is 18.4. The lowest BCUT2D eigenvalue weighted by Crippen LogP contribution is -2.32. The number of aliphatic hydroxyl groups is 1. The van der Waals surface area contributed by atoms with Gasteiger partial charge in [0.15, 0.2) is 0 Å². The predicted molar refractivity (Wildman–Crippen MR) is 88.9 cm³/mol. The molecule has 1 aromatic carbocycles. The fraction of sp³-hybridized carbons (Fsp3) is 0.600. The van der Waals surface area contributed by atoms with Crippen LogP contribution in [0.15, 0.2) is 22.7 Å². The van der Waals surface area contributed by atoms with Gasteiger partial charge >= 0.3 is 0 Å². The van der Waals surface area contributed by atoms with Crippen molar-refractivity contribution in [1.29, 1.82) is 0 Å². The Morgan fingerprint density at radius 2 is 2.10 bits per heavy atom. The molecule has 120 valence electrons. The fourth-order valence-corrected chi connectivity index (χ4v) is 2.53. The molecule has 5 nitrogen and oxygen atoms in total. The van der Waals surface area contributed by atoms with Gasteiger partial charge in [-0.1, -0.05) is 15.9 Å². The zero-order valence-corrected chi connectivity index (χ0v) is 14.5. The van der Waals surface area contributed by atoms with E-state index < -0.39 is 6.10 Å². The summed E-state index contributed by atoms with van der Waals surface area (Å²) >= 11 is 3.50. The number of ether oxygens (including phenoxy) is 2. The van der Waals surface area contributed by atoms with Crippen LogP contribution in [0.1, 0.15) is 5.56 Å². The third-order valence-corrected chi connectivity index (χ3v) is 3.59. The van der Waals surface area contributed by atoms with Crippen LogP contribution in [-0.2, 0) is 16.0 Å². The number of methoxy groups -OCH3 is 2. The zero-order chi connectivity index (χ0) is 15.7. The summed E-state index contributed by atoms with van der Waals surface area (Å²) in [5.74, 6) is 0. The van der Waals surface area contributed by atoms with Crippen molar-refractivity contribution in [3.8, 4) is 0 Å². The van der Waals surface area contributed by atoms with E-state index in [-0.39, 0.29) is 0 Å². The number of aliphatic hydroxyl groups excluding tert-OH is 1. The average molecular weight is 361 g/mol. The number of anilines is 1. The highest BCUT2D eigenvalue weighted by Gasteiger charge is 2.12. The summed E-state index contributed by atoms with van der Waals surface area (Å²) in [5, 5.41) is 13.2. The Bertz CT molecular complexity index is 418. The first-order valence-electron chi connectivity index (χ1n) is 6.94. The van der Waals surface area contributed by atoms with Gasteiger partial charge in [0.2, 0.25) is 0 Å². The number of rotatable bonds is 10. The highest BCUT2D eigenvalue weighted by atomic mass is 79.9. The highest BCUT2D eigenvalue weighted by Crippen LogP contribution is 2.24. The SMILES string of the molecule is COCCNCc1cc(Br)ccc1N(C)CC(O)COC. The van der Waals surface area contributed by atoms with Crippen LogP contribution in [0.5, 0.6) is 0 Å². The largest absolute Gasteiger partial charge is 0.389 e. The molecule has 1 rings (SSSR count). The molecule has 0 saturated carbocycles. The van der Waals surface area contributed by atoms with Crippen molar-refractivity contribution in [2.24, 2.45) is 0 Å². The maximum absolute atomic E-state index is 9.86. The molecule has 21 heavy (non-hydrogen) atoms. The van der Waals surface area contributed by atoms with Gasteiger partial charge in [-0.3, -0.25) is 0 Å². The molecule has 0 aliphatic heterocycles. The van der Waals surface area contributed by atoms with Crippen molar-refractivity contribution in [1.82, 2.24) is 5.32 Å². The van der Waals surface area contributed by atoms with Gasteiger partial charge in [-0.2, -0.15) is 0 Å². The standard InChI is InChI=1S/C15H25BrN2O3/c1-18(10-14(19)11-21-3)15-5-4-13(16)8-12(15)9-17-6-7-20-2/h4-5,8,14,17,19H,6-7,9-11H2,1-3H3. The smallest absolute Gasteiger partial charge is 0.0947 e. The second-order valence-corrected chi connectivity index (χ2v) is 5.85. The summed E-state index contributed by atoms with van der Waals surface area (Å²) in [6.45, 7) is 3.11. The molecule has 0 aliphatic carbocycles. The number of nitrogens with one attached hydrogen (secondary N) is 1. The van der Waals surface area contributed by atoms with Crippen LogP contribution in [0.4, 0.5) is 5.69 Å². The van der Waals surface area contributed by atoms with Crippen LogP contribution in [0, 0.1) is 0 Å². The molecule has 0 fully saturated rings. The van der Waals surface area contributed by atoms with Crippen LogP contribution in [0.2, 0.25) is 0 Å². The van der Waals surface area contributed by atoms with Crippen LogP contribution in [0.25, 0.3) is 0 Å². The number of hydrogen-bond acceptors (Lipinski definition) is 5. The maximum atomic E-state index is 9.86. The van der Waals surface area contributed by atoms with E-state index in [2.05, 4.69) is 33.4 Å². The quantitative estimate of drug-likeness (QED) is 0.621. The van der Waals surface area contributed by atoms with E-state index in [0.29, 0.717) is 19.8 Å². The second-order valence-electron chi connectivity index (χ2n) is 4.93. The topological polar surface area (TPSA) is 54.0 Å². The van der Waals surface area contributed by atoms with Gasteiger partial charge in [0.05, 0.1) is 19.3 Å². The van der Waals surface area contributed by atoms with Gasteiger partial charge in [0.1, 0.15) is 0 Å². The summed E-state index contributed by atoms with van der Waals surface area (Å²) in [7, 11) is 5.26. The Morgan fingerprint density at radius 1 is 1.33 bits per heavy atom. The molecule has 1 aromatic rings. The van der Waals surface area contributed by atoms with Crippen molar-refractivity contribution in [3.63, 3.8) is 0 Å². The minimum atomic E-state index is -0.502. The van der Waals surface area contributed by atoms with Gasteiger partial charge in [-0.15, -0.1) is 0 Å². The van der Waals surface area contributed by atoms with E-state index in [4.69, 9.17) is 9.47 Å². The van der Waals surface area contributed by atoms with Crippen molar-refractivity contribution in [2.45, 2.75) is 12.6 Å². The Labute approximate surface area is 135 Å². The van der Waals surface area contributed by atoms with E-state index in [0.717, 1.165) is 23.2 Å². The Hall–Kier alpha value is -0.660. The first-order valence-corrected chi connectivity index (χ1v) is 7.74. The third-order valence-electron chi connectivity index (χ3n) is 3.09. The zero-order valence-electron chi connectivity index (χ0n) is 12.9. The predicted octanol–water partition coefficient (Wildman–Crippen LogP) is 1.63. The molecule has 0 saturated heterocycles. The van der Waals surface area contributed by atoms with Gasteiger partial charge in [-0.25, -0.2) is 0 Å². The minimum Gasteiger partial charge on any atom is -0.389 e. The summed E-state index contributed by atoms with van der Waals surface area (Å²) in [6, 6.07) is 6.15. The molecule has 0 aliphatic rings. The van der Waals surface area contributed by atoms with Crippen molar-refractivity contribution in [2.75, 3.05) is 52.5 Å². The molecule has 0 spiro atoms. The van der Waals surface area contributed by atoms with E-state index in [1.54, 1.807) is 14.2 Å². The molecular weight excluding hydrogens is 336 g/mol. The molecule has 2 N–H and O–H groups in total. The molecule has 0 heterocycles. The van der Waals surface area contributed by atoms with Gasteiger partial charge in [0, 0.05) is 51.1 Å². The van der Waals surface area contributed by atoms with Crippen molar-refractivity contribution in [3.05, 3.63) is 28.2 Å². The van der Waals surface area contributed by atoms with Crippen LogP contribution < -0.4 is 10.2 Å². The lowest BCUT2D eigenvalue weighted by Gasteiger charge is -2.25. The normalized spacial score (nSPS) is 12.4. The third kappa shape index (κ3) is 6.76. The Morgan fingerprint density at radius 3 is 2.76 bits per heavy atom. The van der Waals surface area contributed by atoms with Crippen molar-refractivity contribution < 1.29 is 14.6 Å².